The smallest absolute Gasteiger partial charge is 0.137 e. The average Bonchev–Trinajstić information content (AvgIpc) is 2.68. The van der Waals surface area contributed by atoms with Crippen LogP contribution in [0.15, 0.2) is 48.7 Å². The monoisotopic (exact) mass is 222 g/mol. The van der Waals surface area contributed by atoms with Crippen LogP contribution in [-0.2, 0) is 6.42 Å². The number of pyridine rings is 1. The predicted octanol–water partition coefficient (Wildman–Crippen LogP) is 3.46. The third-order valence-electron chi connectivity index (χ3n) is 3.12. The Morgan fingerprint density at radius 2 is 1.88 bits per heavy atom. The second-order valence-electron chi connectivity index (χ2n) is 4.29. The zero-order valence-corrected chi connectivity index (χ0v) is 9.77. The fourth-order valence-electron chi connectivity index (χ4n) is 2.23. The third kappa shape index (κ3) is 1.82. The Morgan fingerprint density at radius 1 is 1.06 bits per heavy atom. The van der Waals surface area contributed by atoms with Gasteiger partial charge < -0.3 is 4.98 Å². The molecule has 2 aromatic heterocycles. The van der Waals surface area contributed by atoms with Gasteiger partial charge in [-0.1, -0.05) is 30.3 Å². The van der Waals surface area contributed by atoms with Gasteiger partial charge in [-0.05, 0) is 36.6 Å². The first-order chi connectivity index (χ1) is 8.34. The summed E-state index contributed by atoms with van der Waals surface area (Å²) >= 11 is 0. The first-order valence-corrected chi connectivity index (χ1v) is 5.80. The maximum absolute atomic E-state index is 4.35. The van der Waals surface area contributed by atoms with E-state index in [0.717, 1.165) is 12.1 Å². The Bertz CT molecular complexity index is 638. The largest absolute Gasteiger partial charge is 0.343 e. The molecule has 0 bridgehead atoms. The van der Waals surface area contributed by atoms with Crippen molar-refractivity contribution in [2.75, 3.05) is 0 Å². The quantitative estimate of drug-likeness (QED) is 0.706. The molecule has 0 amide bonds. The molecule has 3 aromatic rings. The van der Waals surface area contributed by atoms with Crippen LogP contribution in [0.2, 0.25) is 0 Å². The molecule has 84 valence electrons. The van der Waals surface area contributed by atoms with Crippen molar-refractivity contribution in [3.63, 3.8) is 0 Å². The second-order valence-corrected chi connectivity index (χ2v) is 4.29. The minimum atomic E-state index is 0.957. The SMILES string of the molecule is Cc1[nH]c2ncccc2c1Cc1ccccc1. The van der Waals surface area contributed by atoms with Crippen molar-refractivity contribution in [2.45, 2.75) is 13.3 Å². The van der Waals surface area contributed by atoms with Crippen LogP contribution in [0.5, 0.6) is 0 Å². The highest BCUT2D eigenvalue weighted by Gasteiger charge is 2.08. The second kappa shape index (κ2) is 4.06. The molecule has 2 heterocycles. The fourth-order valence-corrected chi connectivity index (χ4v) is 2.23. The third-order valence-corrected chi connectivity index (χ3v) is 3.12. The molecule has 0 spiro atoms. The van der Waals surface area contributed by atoms with E-state index >= 15 is 0 Å². The van der Waals surface area contributed by atoms with E-state index in [-0.39, 0.29) is 0 Å². The maximum atomic E-state index is 4.35. The summed E-state index contributed by atoms with van der Waals surface area (Å²) in [6.07, 6.45) is 2.78. The van der Waals surface area contributed by atoms with Gasteiger partial charge in [0.05, 0.1) is 0 Å². The molecule has 0 atom stereocenters. The van der Waals surface area contributed by atoms with E-state index < -0.39 is 0 Å². The van der Waals surface area contributed by atoms with Gasteiger partial charge >= 0.3 is 0 Å². The molecule has 0 saturated carbocycles. The molecular weight excluding hydrogens is 208 g/mol. The van der Waals surface area contributed by atoms with Crippen molar-refractivity contribution in [3.05, 3.63) is 65.5 Å². The molecule has 0 aliphatic heterocycles. The molecule has 0 saturated heterocycles. The Kier molecular flexibility index (Phi) is 2.41. The van der Waals surface area contributed by atoms with Gasteiger partial charge in [0.2, 0.25) is 0 Å². The minimum Gasteiger partial charge on any atom is -0.343 e. The van der Waals surface area contributed by atoms with E-state index in [9.17, 15) is 0 Å². The number of aromatic nitrogens is 2. The van der Waals surface area contributed by atoms with Gasteiger partial charge in [-0.2, -0.15) is 0 Å². The number of rotatable bonds is 2. The number of benzene rings is 1. The van der Waals surface area contributed by atoms with Crippen molar-refractivity contribution in [1.82, 2.24) is 9.97 Å². The highest BCUT2D eigenvalue weighted by molar-refractivity contribution is 5.81. The Morgan fingerprint density at radius 3 is 2.71 bits per heavy atom. The number of aromatic amines is 1. The van der Waals surface area contributed by atoms with E-state index in [4.69, 9.17) is 0 Å². The van der Waals surface area contributed by atoms with Gasteiger partial charge in [0.15, 0.2) is 0 Å². The fraction of sp³-hybridized carbons (Fsp3) is 0.133. The van der Waals surface area contributed by atoms with Crippen LogP contribution in [0.25, 0.3) is 11.0 Å². The number of nitrogens with one attached hydrogen (secondary N) is 1. The molecule has 0 aliphatic carbocycles. The Labute approximate surface area is 100 Å². The van der Waals surface area contributed by atoms with Gasteiger partial charge in [-0.25, -0.2) is 4.98 Å². The van der Waals surface area contributed by atoms with Gasteiger partial charge in [0, 0.05) is 17.3 Å². The number of hydrogen-bond donors (Lipinski definition) is 1. The van der Waals surface area contributed by atoms with Crippen LogP contribution in [0.3, 0.4) is 0 Å². The Balaban J connectivity index is 2.08. The lowest BCUT2D eigenvalue weighted by Gasteiger charge is -2.01. The van der Waals surface area contributed by atoms with Crippen LogP contribution in [0.4, 0.5) is 0 Å². The maximum Gasteiger partial charge on any atom is 0.137 e. The predicted molar refractivity (Wildman–Crippen MR) is 70.1 cm³/mol. The van der Waals surface area contributed by atoms with E-state index in [1.165, 1.54) is 22.2 Å². The molecule has 1 N–H and O–H groups in total. The van der Waals surface area contributed by atoms with Crippen LogP contribution in [0.1, 0.15) is 16.8 Å². The van der Waals surface area contributed by atoms with Crippen LogP contribution < -0.4 is 0 Å². The highest BCUT2D eigenvalue weighted by Crippen LogP contribution is 2.22. The summed E-state index contributed by atoms with van der Waals surface area (Å²) in [5.74, 6) is 0. The van der Waals surface area contributed by atoms with Gasteiger partial charge in [0.25, 0.3) is 0 Å². The minimum absolute atomic E-state index is 0.957. The summed E-state index contributed by atoms with van der Waals surface area (Å²) < 4.78 is 0. The van der Waals surface area contributed by atoms with Crippen molar-refractivity contribution < 1.29 is 0 Å². The molecule has 0 aliphatic rings. The van der Waals surface area contributed by atoms with Crippen LogP contribution >= 0.6 is 0 Å². The number of hydrogen-bond acceptors (Lipinski definition) is 1. The van der Waals surface area contributed by atoms with Crippen molar-refractivity contribution >= 4 is 11.0 Å². The van der Waals surface area contributed by atoms with Crippen molar-refractivity contribution in [3.8, 4) is 0 Å². The zero-order valence-electron chi connectivity index (χ0n) is 9.77. The van der Waals surface area contributed by atoms with Crippen molar-refractivity contribution in [2.24, 2.45) is 0 Å². The summed E-state index contributed by atoms with van der Waals surface area (Å²) in [6, 6.07) is 14.7. The summed E-state index contributed by atoms with van der Waals surface area (Å²) in [5, 5.41) is 1.23. The molecule has 0 fully saturated rings. The number of nitrogens with zero attached hydrogens (tertiary/aromatic N) is 1. The Hall–Kier alpha value is -2.09. The normalized spacial score (nSPS) is 10.9. The lowest BCUT2D eigenvalue weighted by Crippen LogP contribution is -1.88. The zero-order chi connectivity index (χ0) is 11.7. The lowest BCUT2D eigenvalue weighted by atomic mass is 10.0. The molecule has 1 aromatic carbocycles. The summed E-state index contributed by atoms with van der Waals surface area (Å²) in [5.41, 5.74) is 4.87. The molecule has 0 unspecified atom stereocenters. The standard InChI is InChI=1S/C15H14N2/c1-11-14(10-12-6-3-2-4-7-12)13-8-5-9-16-15(13)17-11/h2-9H,10H2,1H3,(H,16,17). The first kappa shape index (κ1) is 10.1. The van der Waals surface area contributed by atoms with Crippen LogP contribution in [0, 0.1) is 6.92 Å². The number of aryl methyl sites for hydroxylation is 1. The summed E-state index contributed by atoms with van der Waals surface area (Å²) in [7, 11) is 0. The topological polar surface area (TPSA) is 28.7 Å². The van der Waals surface area contributed by atoms with Gasteiger partial charge in [-0.3, -0.25) is 0 Å². The van der Waals surface area contributed by atoms with Crippen LogP contribution in [-0.4, -0.2) is 9.97 Å². The number of fused-ring (bicyclic) bond motifs is 1. The molecule has 2 nitrogen and oxygen atoms in total. The first-order valence-electron chi connectivity index (χ1n) is 5.80. The highest BCUT2D eigenvalue weighted by atomic mass is 14.9. The molecule has 17 heavy (non-hydrogen) atoms. The average molecular weight is 222 g/mol. The lowest BCUT2D eigenvalue weighted by molar-refractivity contribution is 1.14. The molecule has 3 rings (SSSR count). The number of H-pyrrole nitrogens is 1. The summed E-state index contributed by atoms with van der Waals surface area (Å²) in [4.78, 5) is 7.68. The van der Waals surface area contributed by atoms with E-state index in [2.05, 4.69) is 47.2 Å². The van der Waals surface area contributed by atoms with Gasteiger partial charge in [0.1, 0.15) is 5.65 Å². The molecule has 2 heteroatoms. The summed E-state index contributed by atoms with van der Waals surface area (Å²) in [6.45, 7) is 2.11. The molecular formula is C15H14N2. The molecule has 0 radical (unpaired) electrons. The van der Waals surface area contributed by atoms with E-state index in [0.29, 0.717) is 0 Å². The van der Waals surface area contributed by atoms with Gasteiger partial charge in [-0.15, -0.1) is 0 Å². The van der Waals surface area contributed by atoms with E-state index in [1.807, 2.05) is 18.3 Å². The van der Waals surface area contributed by atoms with E-state index in [1.54, 1.807) is 0 Å². The van der Waals surface area contributed by atoms with Crippen molar-refractivity contribution in [1.29, 1.82) is 0 Å².